The van der Waals surface area contributed by atoms with Gasteiger partial charge in [-0.15, -0.1) is 0 Å². The molecule has 0 N–H and O–H groups in total. The van der Waals surface area contributed by atoms with E-state index in [2.05, 4.69) is 5.16 Å². The Hall–Kier alpha value is -2.83. The second-order valence-electron chi connectivity index (χ2n) is 6.68. The van der Waals surface area contributed by atoms with Gasteiger partial charge in [0.2, 0.25) is 5.78 Å². The zero-order valence-electron chi connectivity index (χ0n) is 16.8. The lowest BCUT2D eigenvalue weighted by Crippen LogP contribution is -2.24. The van der Waals surface area contributed by atoms with Crippen LogP contribution in [0.15, 0.2) is 99.9 Å². The minimum Gasteiger partial charge on any atom is -0.312 e. The fourth-order valence-corrected chi connectivity index (χ4v) is 4.16. The van der Waals surface area contributed by atoms with Crippen molar-refractivity contribution in [2.24, 2.45) is 5.16 Å². The summed E-state index contributed by atoms with van der Waals surface area (Å²) < 4.78 is 0. The number of carbonyl (C=O) groups is 2. The molecule has 0 aliphatic carbocycles. The molecule has 0 aromatic heterocycles. The number of oxime groups is 1. The van der Waals surface area contributed by atoms with Crippen molar-refractivity contribution >= 4 is 40.1 Å². The number of Topliss-reactive ketones (excluding diaryl/α,β-unsaturated/α-hetero) is 1. The van der Waals surface area contributed by atoms with Gasteiger partial charge in [-0.25, -0.2) is 4.79 Å². The maximum atomic E-state index is 13.0. The average molecular weight is 437 g/mol. The molecule has 0 amide bonds. The molecule has 3 aromatic rings. The first kappa shape index (κ1) is 21.9. The molecule has 152 valence electrons. The van der Waals surface area contributed by atoms with E-state index in [9.17, 15) is 9.59 Å². The van der Waals surface area contributed by atoms with E-state index in [1.165, 1.54) is 0 Å². The highest BCUT2D eigenvalue weighted by Gasteiger charge is 2.22. The topological polar surface area (TPSA) is 55.7 Å². The van der Waals surface area contributed by atoms with E-state index in [-0.39, 0.29) is 22.4 Å². The molecule has 6 heteroatoms. The van der Waals surface area contributed by atoms with Gasteiger partial charge >= 0.3 is 5.97 Å². The number of benzene rings is 3. The Balaban J connectivity index is 1.73. The minimum atomic E-state index is -0.581. The van der Waals surface area contributed by atoms with Crippen LogP contribution in [0.3, 0.4) is 0 Å². The Morgan fingerprint density at radius 1 is 0.800 bits per heavy atom. The van der Waals surface area contributed by atoms with Gasteiger partial charge in [-0.1, -0.05) is 53.3 Å². The molecule has 0 saturated carbocycles. The van der Waals surface area contributed by atoms with Gasteiger partial charge in [0, 0.05) is 15.4 Å². The predicted molar refractivity (Wildman–Crippen MR) is 125 cm³/mol. The standard InChI is InChI=1S/C24H22NO3S2/c1-30(2)17-22(25-28-24(27)19-9-5-3-6-10-19)23(26)18-13-15-21(16-14-18)29-20-11-7-4-8-12-20/h3-16H,17H2,1-2H3/q+1. The van der Waals surface area contributed by atoms with Crippen LogP contribution in [0.4, 0.5) is 0 Å². The number of hydrogen-bond donors (Lipinski definition) is 0. The lowest BCUT2D eigenvalue weighted by atomic mass is 10.1. The van der Waals surface area contributed by atoms with Crippen LogP contribution in [0.25, 0.3) is 0 Å². The predicted octanol–water partition coefficient (Wildman–Crippen LogP) is 5.11. The molecular formula is C24H22NO3S2+. The van der Waals surface area contributed by atoms with Gasteiger partial charge < -0.3 is 4.84 Å². The molecule has 30 heavy (non-hydrogen) atoms. The molecule has 0 unspecified atom stereocenters. The van der Waals surface area contributed by atoms with Gasteiger partial charge in [-0.2, -0.15) is 0 Å². The Labute approximate surface area is 183 Å². The normalized spacial score (nSPS) is 11.4. The van der Waals surface area contributed by atoms with Crippen LogP contribution in [0.5, 0.6) is 0 Å². The first-order valence-corrected chi connectivity index (χ1v) is 12.3. The molecular weight excluding hydrogens is 414 g/mol. The average Bonchev–Trinajstić information content (AvgIpc) is 2.77. The van der Waals surface area contributed by atoms with E-state index in [1.54, 1.807) is 48.2 Å². The van der Waals surface area contributed by atoms with Crippen LogP contribution in [-0.4, -0.2) is 35.7 Å². The first-order valence-electron chi connectivity index (χ1n) is 9.28. The molecule has 0 spiro atoms. The van der Waals surface area contributed by atoms with Gasteiger partial charge in [-0.05, 0) is 59.4 Å². The van der Waals surface area contributed by atoms with Crippen molar-refractivity contribution in [3.05, 3.63) is 96.1 Å². The summed E-state index contributed by atoms with van der Waals surface area (Å²) in [7, 11) is -0.0772. The number of nitrogens with zero attached hydrogens (tertiary/aromatic N) is 1. The molecule has 0 atom stereocenters. The summed E-state index contributed by atoms with van der Waals surface area (Å²) in [6.45, 7) is 0. The molecule has 0 radical (unpaired) electrons. The van der Waals surface area contributed by atoms with Crippen molar-refractivity contribution in [3.63, 3.8) is 0 Å². The number of carbonyl (C=O) groups excluding carboxylic acids is 2. The van der Waals surface area contributed by atoms with Crippen LogP contribution >= 0.6 is 11.8 Å². The van der Waals surface area contributed by atoms with Crippen molar-refractivity contribution in [3.8, 4) is 0 Å². The van der Waals surface area contributed by atoms with Crippen LogP contribution in [-0.2, 0) is 15.7 Å². The van der Waals surface area contributed by atoms with Gasteiger partial charge in [-0.3, -0.25) is 4.79 Å². The zero-order valence-corrected chi connectivity index (χ0v) is 18.4. The Kier molecular flexibility index (Phi) is 7.88. The Bertz CT molecular complexity index is 1020. The quantitative estimate of drug-likeness (QED) is 0.162. The molecule has 0 heterocycles. The summed E-state index contributed by atoms with van der Waals surface area (Å²) in [5, 5.41) is 3.93. The van der Waals surface area contributed by atoms with E-state index >= 15 is 0 Å². The molecule has 3 aromatic carbocycles. The molecule has 0 fully saturated rings. The van der Waals surface area contributed by atoms with Gasteiger partial charge in [0.1, 0.15) is 0 Å². The fraction of sp³-hybridized carbons (Fsp3) is 0.125. The van der Waals surface area contributed by atoms with Gasteiger partial charge in [0.15, 0.2) is 11.5 Å². The molecule has 0 bridgehead atoms. The monoisotopic (exact) mass is 436 g/mol. The van der Waals surface area contributed by atoms with Gasteiger partial charge in [0.05, 0.1) is 18.1 Å². The van der Waals surface area contributed by atoms with Crippen LogP contribution in [0.2, 0.25) is 0 Å². The van der Waals surface area contributed by atoms with Crippen molar-refractivity contribution in [2.75, 3.05) is 18.3 Å². The summed E-state index contributed by atoms with van der Waals surface area (Å²) in [5.74, 6) is -0.363. The summed E-state index contributed by atoms with van der Waals surface area (Å²) in [4.78, 5) is 32.4. The highest BCUT2D eigenvalue weighted by atomic mass is 32.2. The highest BCUT2D eigenvalue weighted by Crippen LogP contribution is 2.27. The third kappa shape index (κ3) is 6.34. The van der Waals surface area contributed by atoms with E-state index in [1.807, 2.05) is 61.0 Å². The first-order chi connectivity index (χ1) is 14.5. The molecule has 4 nitrogen and oxygen atoms in total. The number of ketones is 1. The maximum absolute atomic E-state index is 13.0. The lowest BCUT2D eigenvalue weighted by Gasteiger charge is -2.06. The van der Waals surface area contributed by atoms with Crippen molar-refractivity contribution in [1.82, 2.24) is 0 Å². The van der Waals surface area contributed by atoms with Crippen molar-refractivity contribution in [1.29, 1.82) is 0 Å². The smallest absolute Gasteiger partial charge is 0.312 e. The highest BCUT2D eigenvalue weighted by molar-refractivity contribution is 7.99. The second kappa shape index (κ2) is 10.8. The van der Waals surface area contributed by atoms with E-state index in [0.29, 0.717) is 16.9 Å². The zero-order chi connectivity index (χ0) is 21.3. The third-order valence-electron chi connectivity index (χ3n) is 4.03. The number of hydrogen-bond acceptors (Lipinski definition) is 5. The molecule has 3 rings (SSSR count). The number of rotatable bonds is 8. The maximum Gasteiger partial charge on any atom is 0.365 e. The van der Waals surface area contributed by atoms with E-state index in [4.69, 9.17) is 4.84 Å². The van der Waals surface area contributed by atoms with Crippen LogP contribution < -0.4 is 0 Å². The largest absolute Gasteiger partial charge is 0.365 e. The second-order valence-corrected chi connectivity index (χ2v) is 10.1. The molecule has 0 saturated heterocycles. The Morgan fingerprint density at radius 3 is 1.97 bits per heavy atom. The minimum absolute atomic E-state index is 0.0772. The summed E-state index contributed by atoms with van der Waals surface area (Å²) in [6.07, 6.45) is 4.03. The van der Waals surface area contributed by atoms with Crippen LogP contribution in [0.1, 0.15) is 20.7 Å². The van der Waals surface area contributed by atoms with Gasteiger partial charge in [0.25, 0.3) is 0 Å². The molecule has 0 aliphatic rings. The van der Waals surface area contributed by atoms with E-state index < -0.39 is 5.97 Å². The lowest BCUT2D eigenvalue weighted by molar-refractivity contribution is 0.0515. The Morgan fingerprint density at radius 2 is 1.37 bits per heavy atom. The van der Waals surface area contributed by atoms with Crippen LogP contribution in [0, 0.1) is 0 Å². The summed E-state index contributed by atoms with van der Waals surface area (Å²) in [5.41, 5.74) is 1.16. The fourth-order valence-electron chi connectivity index (χ4n) is 2.60. The van der Waals surface area contributed by atoms with Crippen molar-refractivity contribution in [2.45, 2.75) is 9.79 Å². The summed E-state index contributed by atoms with van der Waals surface area (Å²) in [6, 6.07) is 26.0. The van der Waals surface area contributed by atoms with E-state index in [0.717, 1.165) is 9.79 Å². The van der Waals surface area contributed by atoms with Crippen molar-refractivity contribution < 1.29 is 14.4 Å². The SMILES string of the molecule is C[S+](C)CC(=NOC(=O)c1ccccc1)C(=O)c1ccc(Sc2ccccc2)cc1. The molecule has 0 aliphatic heterocycles. The summed E-state index contributed by atoms with van der Waals surface area (Å²) >= 11 is 1.63. The third-order valence-corrected chi connectivity index (χ3v) is 5.90.